The second-order valence-electron chi connectivity index (χ2n) is 5.33. The predicted molar refractivity (Wildman–Crippen MR) is 76.6 cm³/mol. The van der Waals surface area contributed by atoms with E-state index < -0.39 is 0 Å². The number of hydrogen-bond acceptors (Lipinski definition) is 4. The standard InChI is InChI=1S/C14H19ClN4O/c1-11-8-13(17-20-11)14-4-2-3-5-18(14)6-7-19-10-12(15)9-16-19/h8-10,14H,2-7H2,1H3. The van der Waals surface area contributed by atoms with Crippen LogP contribution in [0.2, 0.25) is 5.02 Å². The Balaban J connectivity index is 1.66. The lowest BCUT2D eigenvalue weighted by atomic mass is 9.99. The van der Waals surface area contributed by atoms with Crippen molar-refractivity contribution < 1.29 is 4.52 Å². The van der Waals surface area contributed by atoms with Crippen LogP contribution in [0.15, 0.2) is 23.0 Å². The van der Waals surface area contributed by atoms with E-state index in [1.165, 1.54) is 12.8 Å². The molecule has 3 heterocycles. The van der Waals surface area contributed by atoms with E-state index in [9.17, 15) is 0 Å². The monoisotopic (exact) mass is 294 g/mol. The Morgan fingerprint density at radius 2 is 2.30 bits per heavy atom. The van der Waals surface area contributed by atoms with Gasteiger partial charge in [0.15, 0.2) is 0 Å². The van der Waals surface area contributed by atoms with Gasteiger partial charge in [-0.3, -0.25) is 9.58 Å². The number of aryl methyl sites for hydroxylation is 1. The van der Waals surface area contributed by atoms with Gasteiger partial charge in [0, 0.05) is 18.8 Å². The Labute approximate surface area is 123 Å². The van der Waals surface area contributed by atoms with Gasteiger partial charge in [-0.1, -0.05) is 23.2 Å². The summed E-state index contributed by atoms with van der Waals surface area (Å²) in [4.78, 5) is 2.47. The Bertz CT molecular complexity index is 565. The van der Waals surface area contributed by atoms with E-state index in [-0.39, 0.29) is 0 Å². The molecule has 0 N–H and O–H groups in total. The molecule has 2 aromatic rings. The fourth-order valence-corrected chi connectivity index (χ4v) is 2.98. The molecule has 1 unspecified atom stereocenters. The van der Waals surface area contributed by atoms with E-state index in [4.69, 9.17) is 16.1 Å². The van der Waals surface area contributed by atoms with Crippen LogP contribution >= 0.6 is 11.6 Å². The van der Waals surface area contributed by atoms with Gasteiger partial charge in [-0.2, -0.15) is 5.10 Å². The number of nitrogens with zero attached hydrogens (tertiary/aromatic N) is 4. The zero-order chi connectivity index (χ0) is 13.9. The zero-order valence-corrected chi connectivity index (χ0v) is 12.4. The molecule has 2 aromatic heterocycles. The van der Waals surface area contributed by atoms with Crippen LogP contribution in [-0.4, -0.2) is 32.9 Å². The van der Waals surface area contributed by atoms with Crippen molar-refractivity contribution in [2.24, 2.45) is 0 Å². The summed E-state index contributed by atoms with van der Waals surface area (Å²) < 4.78 is 7.11. The minimum atomic E-state index is 0.368. The first-order valence-corrected chi connectivity index (χ1v) is 7.45. The maximum atomic E-state index is 5.89. The lowest BCUT2D eigenvalue weighted by Gasteiger charge is -2.34. The smallest absolute Gasteiger partial charge is 0.133 e. The highest BCUT2D eigenvalue weighted by atomic mass is 35.5. The highest BCUT2D eigenvalue weighted by molar-refractivity contribution is 6.30. The molecule has 1 fully saturated rings. The summed E-state index contributed by atoms with van der Waals surface area (Å²) in [5.41, 5.74) is 1.06. The van der Waals surface area contributed by atoms with Crippen LogP contribution in [-0.2, 0) is 6.54 Å². The van der Waals surface area contributed by atoms with E-state index in [0.717, 1.165) is 37.5 Å². The van der Waals surface area contributed by atoms with Crippen molar-refractivity contribution >= 4 is 11.6 Å². The molecular weight excluding hydrogens is 276 g/mol. The molecule has 0 saturated carbocycles. The van der Waals surface area contributed by atoms with E-state index in [1.807, 2.05) is 23.9 Å². The van der Waals surface area contributed by atoms with Crippen LogP contribution in [0.1, 0.15) is 36.8 Å². The van der Waals surface area contributed by atoms with Gasteiger partial charge in [-0.25, -0.2) is 0 Å². The van der Waals surface area contributed by atoms with Gasteiger partial charge < -0.3 is 4.52 Å². The molecule has 3 rings (SSSR count). The van der Waals surface area contributed by atoms with Crippen molar-refractivity contribution in [1.82, 2.24) is 19.8 Å². The quantitative estimate of drug-likeness (QED) is 0.869. The van der Waals surface area contributed by atoms with Crippen LogP contribution in [0.25, 0.3) is 0 Å². The average Bonchev–Trinajstić information content (AvgIpc) is 3.06. The van der Waals surface area contributed by atoms with Crippen molar-refractivity contribution in [2.45, 2.75) is 38.8 Å². The number of rotatable bonds is 4. The summed E-state index contributed by atoms with van der Waals surface area (Å²) in [6.45, 7) is 4.84. The summed E-state index contributed by atoms with van der Waals surface area (Å²) >= 11 is 5.89. The molecular formula is C14H19ClN4O. The molecule has 0 radical (unpaired) electrons. The first-order valence-electron chi connectivity index (χ1n) is 7.07. The molecule has 0 amide bonds. The second kappa shape index (κ2) is 5.97. The molecule has 6 heteroatoms. The molecule has 0 aromatic carbocycles. The van der Waals surface area contributed by atoms with Crippen molar-refractivity contribution in [3.8, 4) is 0 Å². The fraction of sp³-hybridized carbons (Fsp3) is 0.571. The van der Waals surface area contributed by atoms with Gasteiger partial charge in [0.05, 0.1) is 23.8 Å². The molecule has 5 nitrogen and oxygen atoms in total. The molecule has 20 heavy (non-hydrogen) atoms. The third kappa shape index (κ3) is 3.04. The minimum Gasteiger partial charge on any atom is -0.361 e. The van der Waals surface area contributed by atoms with Crippen molar-refractivity contribution in [3.05, 3.63) is 34.9 Å². The van der Waals surface area contributed by atoms with Crippen molar-refractivity contribution in [3.63, 3.8) is 0 Å². The van der Waals surface area contributed by atoms with Crippen LogP contribution in [0.5, 0.6) is 0 Å². The summed E-state index contributed by atoms with van der Waals surface area (Å²) in [6, 6.07) is 2.42. The third-order valence-electron chi connectivity index (χ3n) is 3.82. The van der Waals surface area contributed by atoms with Gasteiger partial charge in [-0.15, -0.1) is 0 Å². The summed E-state index contributed by atoms with van der Waals surface area (Å²) in [7, 11) is 0. The van der Waals surface area contributed by atoms with E-state index >= 15 is 0 Å². The summed E-state index contributed by atoms with van der Waals surface area (Å²) in [5.74, 6) is 0.879. The third-order valence-corrected chi connectivity index (χ3v) is 4.01. The number of hydrogen-bond donors (Lipinski definition) is 0. The highest BCUT2D eigenvalue weighted by Gasteiger charge is 2.26. The molecule has 1 saturated heterocycles. The first-order chi connectivity index (χ1) is 9.72. The number of likely N-dealkylation sites (tertiary alicyclic amines) is 1. The Kier molecular flexibility index (Phi) is 4.08. The topological polar surface area (TPSA) is 47.1 Å². The van der Waals surface area contributed by atoms with Gasteiger partial charge in [0.1, 0.15) is 11.5 Å². The van der Waals surface area contributed by atoms with Crippen LogP contribution in [0.3, 0.4) is 0 Å². The van der Waals surface area contributed by atoms with Crippen molar-refractivity contribution in [1.29, 1.82) is 0 Å². The van der Waals surface area contributed by atoms with Crippen LogP contribution in [0.4, 0.5) is 0 Å². The largest absolute Gasteiger partial charge is 0.361 e. The van der Waals surface area contributed by atoms with E-state index in [1.54, 1.807) is 6.20 Å². The lowest BCUT2D eigenvalue weighted by molar-refractivity contribution is 0.135. The molecule has 1 aliphatic rings. The Morgan fingerprint density at radius 3 is 3.00 bits per heavy atom. The molecule has 1 atom stereocenters. The van der Waals surface area contributed by atoms with Gasteiger partial charge in [0.25, 0.3) is 0 Å². The summed E-state index contributed by atoms with van der Waals surface area (Å²) in [5, 5.41) is 9.10. The van der Waals surface area contributed by atoms with Gasteiger partial charge in [-0.05, 0) is 26.3 Å². The second-order valence-corrected chi connectivity index (χ2v) is 5.77. The predicted octanol–water partition coefficient (Wildman–Crippen LogP) is 3.06. The van der Waals surface area contributed by atoms with Crippen molar-refractivity contribution in [2.75, 3.05) is 13.1 Å². The fourth-order valence-electron chi connectivity index (χ4n) is 2.83. The lowest BCUT2D eigenvalue weighted by Crippen LogP contribution is -2.36. The Morgan fingerprint density at radius 1 is 1.40 bits per heavy atom. The maximum absolute atomic E-state index is 5.89. The highest BCUT2D eigenvalue weighted by Crippen LogP contribution is 2.30. The molecule has 1 aliphatic heterocycles. The number of halogens is 1. The van der Waals surface area contributed by atoms with E-state index in [2.05, 4.69) is 15.2 Å². The van der Waals surface area contributed by atoms with Crippen LogP contribution in [0, 0.1) is 6.92 Å². The summed E-state index contributed by atoms with van der Waals surface area (Å²) in [6.07, 6.45) is 7.18. The molecule has 0 bridgehead atoms. The van der Waals surface area contributed by atoms with Crippen LogP contribution < -0.4 is 0 Å². The van der Waals surface area contributed by atoms with E-state index in [0.29, 0.717) is 11.1 Å². The minimum absolute atomic E-state index is 0.368. The first kappa shape index (κ1) is 13.6. The molecule has 0 aliphatic carbocycles. The molecule has 0 spiro atoms. The average molecular weight is 295 g/mol. The number of aromatic nitrogens is 3. The zero-order valence-electron chi connectivity index (χ0n) is 11.6. The normalized spacial score (nSPS) is 20.4. The molecule has 108 valence electrons. The van der Waals surface area contributed by atoms with Gasteiger partial charge in [0.2, 0.25) is 0 Å². The number of piperidine rings is 1. The van der Waals surface area contributed by atoms with Gasteiger partial charge >= 0.3 is 0 Å². The Hall–Kier alpha value is -1.33. The maximum Gasteiger partial charge on any atom is 0.133 e. The SMILES string of the molecule is Cc1cc(C2CCCCN2CCn2cc(Cl)cn2)no1.